The van der Waals surface area contributed by atoms with Crippen LogP contribution >= 0.6 is 11.6 Å². The van der Waals surface area contributed by atoms with E-state index in [1.54, 1.807) is 0 Å². The van der Waals surface area contributed by atoms with Crippen molar-refractivity contribution in [1.82, 2.24) is 4.90 Å². The zero-order valence-electron chi connectivity index (χ0n) is 13.0. The number of benzene rings is 2. The van der Waals surface area contributed by atoms with Gasteiger partial charge in [-0.1, -0.05) is 54.1 Å². The summed E-state index contributed by atoms with van der Waals surface area (Å²) in [7, 11) is 0. The molecule has 2 atom stereocenters. The van der Waals surface area contributed by atoms with E-state index in [0.717, 1.165) is 36.8 Å². The van der Waals surface area contributed by atoms with Crippen LogP contribution in [0.25, 0.3) is 0 Å². The van der Waals surface area contributed by atoms with Crippen molar-refractivity contribution in [2.24, 2.45) is 11.7 Å². The molecule has 0 aromatic heterocycles. The van der Waals surface area contributed by atoms with Crippen molar-refractivity contribution < 1.29 is 0 Å². The fourth-order valence-corrected chi connectivity index (χ4v) is 3.58. The summed E-state index contributed by atoms with van der Waals surface area (Å²) in [5.41, 5.74) is 9.84. The first-order chi connectivity index (χ1) is 10.7. The van der Waals surface area contributed by atoms with E-state index in [2.05, 4.69) is 53.4 Å². The first-order valence-corrected chi connectivity index (χ1v) is 8.27. The third kappa shape index (κ3) is 3.35. The molecule has 0 amide bonds. The largest absolute Gasteiger partial charge is 0.330 e. The van der Waals surface area contributed by atoms with Crippen LogP contribution in [0.2, 0.25) is 5.02 Å². The molecule has 1 fully saturated rings. The van der Waals surface area contributed by atoms with Crippen molar-refractivity contribution in [1.29, 1.82) is 0 Å². The summed E-state index contributed by atoms with van der Waals surface area (Å²) in [5, 5.41) is 0.856. The van der Waals surface area contributed by atoms with E-state index in [1.807, 2.05) is 6.92 Å². The Balaban J connectivity index is 1.75. The molecule has 116 valence electrons. The molecule has 3 heteroatoms. The second kappa shape index (κ2) is 6.82. The minimum Gasteiger partial charge on any atom is -0.330 e. The van der Waals surface area contributed by atoms with Crippen LogP contribution in [0, 0.1) is 12.8 Å². The van der Waals surface area contributed by atoms with Crippen LogP contribution in [-0.4, -0.2) is 24.5 Å². The monoisotopic (exact) mass is 314 g/mol. The van der Waals surface area contributed by atoms with Crippen LogP contribution in [0.15, 0.2) is 48.5 Å². The lowest BCUT2D eigenvalue weighted by Gasteiger charge is -2.18. The Kier molecular flexibility index (Phi) is 4.82. The van der Waals surface area contributed by atoms with E-state index in [9.17, 15) is 0 Å². The van der Waals surface area contributed by atoms with Gasteiger partial charge in [0.2, 0.25) is 0 Å². The van der Waals surface area contributed by atoms with Crippen molar-refractivity contribution in [2.75, 3.05) is 19.6 Å². The van der Waals surface area contributed by atoms with Crippen molar-refractivity contribution in [2.45, 2.75) is 19.4 Å². The molecule has 0 unspecified atom stereocenters. The van der Waals surface area contributed by atoms with Crippen LogP contribution in [0.4, 0.5) is 0 Å². The molecule has 2 nitrogen and oxygen atoms in total. The highest BCUT2D eigenvalue weighted by atomic mass is 35.5. The lowest BCUT2D eigenvalue weighted by Crippen LogP contribution is -2.23. The second-order valence-electron chi connectivity index (χ2n) is 6.29. The molecular formula is C19H23ClN2. The highest BCUT2D eigenvalue weighted by molar-refractivity contribution is 6.31. The molecule has 22 heavy (non-hydrogen) atoms. The maximum atomic E-state index is 6.30. The molecule has 2 aromatic carbocycles. The number of aryl methyl sites for hydroxylation is 1. The number of nitrogens with zero attached hydrogens (tertiary/aromatic N) is 1. The number of rotatable bonds is 4. The minimum absolute atomic E-state index is 0.479. The van der Waals surface area contributed by atoms with Gasteiger partial charge in [0.05, 0.1) is 0 Å². The summed E-state index contributed by atoms with van der Waals surface area (Å²) in [5.74, 6) is 0.981. The molecule has 3 rings (SSSR count). The fraction of sp³-hybridized carbons (Fsp3) is 0.368. The lowest BCUT2D eigenvalue weighted by atomic mass is 9.89. The number of halogens is 1. The normalized spacial score (nSPS) is 22.1. The van der Waals surface area contributed by atoms with Crippen LogP contribution in [0.3, 0.4) is 0 Å². The van der Waals surface area contributed by atoms with Gasteiger partial charge in [-0.2, -0.15) is 0 Å². The molecule has 1 saturated heterocycles. The second-order valence-corrected chi connectivity index (χ2v) is 6.70. The lowest BCUT2D eigenvalue weighted by molar-refractivity contribution is 0.317. The van der Waals surface area contributed by atoms with Gasteiger partial charge in [-0.05, 0) is 42.1 Å². The predicted octanol–water partition coefficient (Wildman–Crippen LogP) is 3.82. The molecule has 2 aromatic rings. The molecular weight excluding hydrogens is 292 g/mol. The molecule has 1 aliphatic rings. The smallest absolute Gasteiger partial charge is 0.0438 e. The summed E-state index contributed by atoms with van der Waals surface area (Å²) in [6.07, 6.45) is 0. The maximum absolute atomic E-state index is 6.30. The summed E-state index contributed by atoms with van der Waals surface area (Å²) in [4.78, 5) is 2.51. The number of nitrogens with two attached hydrogens (primary N) is 1. The molecule has 0 radical (unpaired) electrons. The average molecular weight is 315 g/mol. The first kappa shape index (κ1) is 15.5. The van der Waals surface area contributed by atoms with E-state index in [1.165, 1.54) is 11.1 Å². The van der Waals surface area contributed by atoms with Gasteiger partial charge in [-0.15, -0.1) is 0 Å². The molecule has 1 heterocycles. The topological polar surface area (TPSA) is 29.3 Å². The van der Waals surface area contributed by atoms with Crippen molar-refractivity contribution in [3.05, 3.63) is 70.2 Å². The Morgan fingerprint density at radius 2 is 1.91 bits per heavy atom. The standard InChI is InChI=1S/C19H23ClN2/c1-14-7-8-16(9-19(14)20)18-13-22(12-17(18)10-21)11-15-5-3-2-4-6-15/h2-9,17-18H,10-13,21H2,1H3/t17-,18-/m1/s1. The number of likely N-dealkylation sites (tertiary alicyclic amines) is 1. The summed E-state index contributed by atoms with van der Waals surface area (Å²) in [6.45, 7) is 5.87. The van der Waals surface area contributed by atoms with Crippen LogP contribution in [0.5, 0.6) is 0 Å². The van der Waals surface area contributed by atoms with E-state index in [-0.39, 0.29) is 0 Å². The van der Waals surface area contributed by atoms with Gasteiger partial charge < -0.3 is 5.73 Å². The quantitative estimate of drug-likeness (QED) is 0.929. The van der Waals surface area contributed by atoms with Gasteiger partial charge in [0, 0.05) is 30.6 Å². The SMILES string of the molecule is Cc1ccc([C@H]2CN(Cc3ccccc3)C[C@H]2CN)cc1Cl. The third-order valence-corrected chi connectivity index (χ3v) is 5.10. The number of hydrogen-bond acceptors (Lipinski definition) is 2. The van der Waals surface area contributed by atoms with Crippen LogP contribution < -0.4 is 5.73 Å². The Bertz CT molecular complexity index is 627. The fourth-order valence-electron chi connectivity index (χ4n) is 3.39. The maximum Gasteiger partial charge on any atom is 0.0438 e. The molecule has 1 aliphatic heterocycles. The van der Waals surface area contributed by atoms with E-state index in [0.29, 0.717) is 11.8 Å². The summed E-state index contributed by atoms with van der Waals surface area (Å²) < 4.78 is 0. The molecule has 0 saturated carbocycles. The molecule has 0 bridgehead atoms. The molecule has 0 aliphatic carbocycles. The minimum atomic E-state index is 0.479. The Hall–Kier alpha value is -1.35. The third-order valence-electron chi connectivity index (χ3n) is 4.69. The average Bonchev–Trinajstić information content (AvgIpc) is 2.94. The van der Waals surface area contributed by atoms with E-state index < -0.39 is 0 Å². The Morgan fingerprint density at radius 3 is 2.59 bits per heavy atom. The zero-order valence-corrected chi connectivity index (χ0v) is 13.8. The number of hydrogen-bond donors (Lipinski definition) is 1. The van der Waals surface area contributed by atoms with Crippen LogP contribution in [0.1, 0.15) is 22.6 Å². The van der Waals surface area contributed by atoms with Gasteiger partial charge >= 0.3 is 0 Å². The van der Waals surface area contributed by atoms with E-state index in [4.69, 9.17) is 17.3 Å². The van der Waals surface area contributed by atoms with Crippen molar-refractivity contribution in [3.8, 4) is 0 Å². The van der Waals surface area contributed by atoms with Gasteiger partial charge in [-0.3, -0.25) is 4.90 Å². The first-order valence-electron chi connectivity index (χ1n) is 7.89. The van der Waals surface area contributed by atoms with Crippen molar-refractivity contribution in [3.63, 3.8) is 0 Å². The Labute approximate surface area is 137 Å². The summed E-state index contributed by atoms with van der Waals surface area (Å²) >= 11 is 6.30. The van der Waals surface area contributed by atoms with Crippen molar-refractivity contribution >= 4 is 11.6 Å². The predicted molar refractivity (Wildman–Crippen MR) is 93.2 cm³/mol. The Morgan fingerprint density at radius 1 is 1.14 bits per heavy atom. The van der Waals surface area contributed by atoms with Gasteiger partial charge in [0.25, 0.3) is 0 Å². The molecule has 0 spiro atoms. The highest BCUT2D eigenvalue weighted by Crippen LogP contribution is 2.34. The molecule has 2 N–H and O–H groups in total. The highest BCUT2D eigenvalue weighted by Gasteiger charge is 2.32. The van der Waals surface area contributed by atoms with Crippen LogP contribution in [-0.2, 0) is 6.54 Å². The van der Waals surface area contributed by atoms with Gasteiger partial charge in [0.15, 0.2) is 0 Å². The van der Waals surface area contributed by atoms with Gasteiger partial charge in [0.1, 0.15) is 0 Å². The summed E-state index contributed by atoms with van der Waals surface area (Å²) in [6, 6.07) is 17.1. The zero-order chi connectivity index (χ0) is 15.5. The van der Waals surface area contributed by atoms with Gasteiger partial charge in [-0.25, -0.2) is 0 Å². The van der Waals surface area contributed by atoms with E-state index >= 15 is 0 Å².